The van der Waals surface area contributed by atoms with E-state index in [1.165, 1.54) is 31.5 Å². The molecule has 1 fully saturated rings. The lowest BCUT2D eigenvalue weighted by atomic mass is 9.71. The molecule has 120 valence electrons. The molecule has 4 nitrogen and oxygen atoms in total. The molecule has 0 saturated heterocycles. The second kappa shape index (κ2) is 6.93. The molecule has 1 aliphatic rings. The topological polar surface area (TPSA) is 33.1 Å². The minimum Gasteiger partial charge on any atom is -0.334 e. The third-order valence-corrected chi connectivity index (χ3v) is 5.32. The van der Waals surface area contributed by atoms with E-state index < -0.39 is 0 Å². The largest absolute Gasteiger partial charge is 0.334 e. The first-order chi connectivity index (χ1) is 10.0. The van der Waals surface area contributed by atoms with Gasteiger partial charge in [0.2, 0.25) is 0 Å². The van der Waals surface area contributed by atoms with Crippen LogP contribution in [0.5, 0.6) is 0 Å². The molecule has 21 heavy (non-hydrogen) atoms. The number of imidazole rings is 1. The summed E-state index contributed by atoms with van der Waals surface area (Å²) < 4.78 is 2.29. The lowest BCUT2D eigenvalue weighted by molar-refractivity contribution is 0.0392. The lowest BCUT2D eigenvalue weighted by Gasteiger charge is -2.49. The van der Waals surface area contributed by atoms with Crippen molar-refractivity contribution in [1.29, 1.82) is 0 Å². The fourth-order valence-corrected chi connectivity index (χ4v) is 3.83. The molecule has 1 aliphatic carbocycles. The third-order valence-electron chi connectivity index (χ3n) is 5.32. The fourth-order valence-electron chi connectivity index (χ4n) is 3.83. The Balaban J connectivity index is 2.38. The van der Waals surface area contributed by atoms with Gasteiger partial charge < -0.3 is 14.8 Å². The van der Waals surface area contributed by atoms with Crippen molar-refractivity contribution in [3.8, 4) is 0 Å². The Morgan fingerprint density at radius 3 is 2.57 bits per heavy atom. The van der Waals surface area contributed by atoms with Crippen LogP contribution >= 0.6 is 0 Å². The van der Waals surface area contributed by atoms with E-state index in [1.54, 1.807) is 0 Å². The zero-order chi connectivity index (χ0) is 15.5. The molecular formula is C17H32N4. The number of likely N-dealkylation sites (N-methyl/N-ethyl adjacent to an activating group) is 2. The average Bonchev–Trinajstić information content (AvgIpc) is 2.94. The van der Waals surface area contributed by atoms with Gasteiger partial charge in [-0.25, -0.2) is 4.98 Å². The standard InChI is InChI=1S/C17H32N4/c1-6-18-15(16-19-12-13-21(16)7-2)17(20(4)5)10-8-14(3)9-11-17/h12-15,18H,6-11H2,1-5H3. The first-order valence-electron chi connectivity index (χ1n) is 8.47. The predicted molar refractivity (Wildman–Crippen MR) is 88.4 cm³/mol. The van der Waals surface area contributed by atoms with Crippen LogP contribution < -0.4 is 5.32 Å². The molecule has 0 aromatic carbocycles. The molecule has 0 amide bonds. The maximum Gasteiger partial charge on any atom is 0.127 e. The Hall–Kier alpha value is -0.870. The van der Waals surface area contributed by atoms with Gasteiger partial charge in [-0.05, 0) is 59.2 Å². The van der Waals surface area contributed by atoms with E-state index in [2.05, 4.69) is 55.8 Å². The van der Waals surface area contributed by atoms with E-state index >= 15 is 0 Å². The number of rotatable bonds is 6. The lowest BCUT2D eigenvalue weighted by Crippen LogP contribution is -2.56. The van der Waals surface area contributed by atoms with Crippen LogP contribution in [-0.4, -0.2) is 40.6 Å². The first-order valence-corrected chi connectivity index (χ1v) is 8.47. The number of nitrogens with one attached hydrogen (secondary N) is 1. The summed E-state index contributed by atoms with van der Waals surface area (Å²) in [6, 6.07) is 0.306. The highest BCUT2D eigenvalue weighted by atomic mass is 15.2. The summed E-state index contributed by atoms with van der Waals surface area (Å²) in [5.41, 5.74) is 0.181. The van der Waals surface area contributed by atoms with E-state index in [0.717, 1.165) is 19.0 Å². The van der Waals surface area contributed by atoms with E-state index in [4.69, 9.17) is 4.98 Å². The van der Waals surface area contributed by atoms with E-state index in [0.29, 0.717) is 6.04 Å². The third kappa shape index (κ3) is 3.16. The van der Waals surface area contributed by atoms with Crippen molar-refractivity contribution < 1.29 is 0 Å². The average molecular weight is 292 g/mol. The number of hydrogen-bond donors (Lipinski definition) is 1. The number of aryl methyl sites for hydroxylation is 1. The van der Waals surface area contributed by atoms with Gasteiger partial charge in [0.15, 0.2) is 0 Å². The molecule has 0 aliphatic heterocycles. The van der Waals surface area contributed by atoms with Gasteiger partial charge in [-0.3, -0.25) is 0 Å². The second-order valence-corrected chi connectivity index (χ2v) is 6.74. The molecule has 0 bridgehead atoms. The van der Waals surface area contributed by atoms with Crippen LogP contribution in [0.15, 0.2) is 12.4 Å². The molecule has 1 heterocycles. The zero-order valence-electron chi connectivity index (χ0n) is 14.4. The normalized spacial score (nSPS) is 28.0. The molecule has 0 spiro atoms. The Labute approximate surface area is 129 Å². The molecule has 1 aromatic rings. The van der Waals surface area contributed by atoms with Gasteiger partial charge in [-0.2, -0.15) is 0 Å². The Bertz CT molecular complexity index is 430. The highest BCUT2D eigenvalue weighted by molar-refractivity contribution is 5.12. The van der Waals surface area contributed by atoms with Gasteiger partial charge in [-0.1, -0.05) is 13.8 Å². The smallest absolute Gasteiger partial charge is 0.127 e. The van der Waals surface area contributed by atoms with Crippen molar-refractivity contribution in [3.05, 3.63) is 18.2 Å². The van der Waals surface area contributed by atoms with Crippen molar-refractivity contribution in [3.63, 3.8) is 0 Å². The SMILES string of the molecule is CCNC(c1nccn1CC)C1(N(C)C)CCC(C)CC1. The molecular weight excluding hydrogens is 260 g/mol. The van der Waals surface area contributed by atoms with Gasteiger partial charge >= 0.3 is 0 Å². The quantitative estimate of drug-likeness (QED) is 0.875. The molecule has 1 saturated carbocycles. The van der Waals surface area contributed by atoms with E-state index in [1.807, 2.05) is 6.20 Å². The highest BCUT2D eigenvalue weighted by Crippen LogP contribution is 2.43. The predicted octanol–water partition coefficient (Wildman–Crippen LogP) is 3.06. The minimum atomic E-state index is 0.181. The van der Waals surface area contributed by atoms with Crippen LogP contribution in [0.1, 0.15) is 58.3 Å². The molecule has 1 unspecified atom stereocenters. The van der Waals surface area contributed by atoms with Gasteiger partial charge in [0, 0.05) is 24.5 Å². The summed E-state index contributed by atoms with van der Waals surface area (Å²) in [4.78, 5) is 7.15. The summed E-state index contributed by atoms with van der Waals surface area (Å²) in [7, 11) is 4.47. The van der Waals surface area contributed by atoms with Crippen LogP contribution in [-0.2, 0) is 6.54 Å². The molecule has 1 aromatic heterocycles. The Kier molecular flexibility index (Phi) is 5.44. The number of hydrogen-bond acceptors (Lipinski definition) is 3. The van der Waals surface area contributed by atoms with Crippen molar-refractivity contribution in [2.24, 2.45) is 5.92 Å². The summed E-state index contributed by atoms with van der Waals surface area (Å²) >= 11 is 0. The maximum atomic E-state index is 4.70. The first kappa shape index (κ1) is 16.5. The van der Waals surface area contributed by atoms with Gasteiger partial charge in [-0.15, -0.1) is 0 Å². The van der Waals surface area contributed by atoms with Crippen molar-refractivity contribution in [1.82, 2.24) is 19.8 Å². The van der Waals surface area contributed by atoms with Gasteiger partial charge in [0.1, 0.15) is 5.82 Å². The van der Waals surface area contributed by atoms with Gasteiger partial charge in [0.05, 0.1) is 6.04 Å². The molecule has 4 heteroatoms. The van der Waals surface area contributed by atoms with Crippen LogP contribution in [0.3, 0.4) is 0 Å². The second-order valence-electron chi connectivity index (χ2n) is 6.74. The molecule has 2 rings (SSSR count). The monoisotopic (exact) mass is 292 g/mol. The van der Waals surface area contributed by atoms with Crippen LogP contribution in [0.2, 0.25) is 0 Å². The maximum absolute atomic E-state index is 4.70. The van der Waals surface area contributed by atoms with Crippen molar-refractivity contribution >= 4 is 0 Å². The van der Waals surface area contributed by atoms with E-state index in [9.17, 15) is 0 Å². The Morgan fingerprint density at radius 1 is 1.38 bits per heavy atom. The number of aromatic nitrogens is 2. The van der Waals surface area contributed by atoms with Gasteiger partial charge in [0.25, 0.3) is 0 Å². The molecule has 1 atom stereocenters. The van der Waals surface area contributed by atoms with Crippen LogP contribution in [0, 0.1) is 5.92 Å². The van der Waals surface area contributed by atoms with Crippen molar-refractivity contribution in [2.45, 2.75) is 64.6 Å². The summed E-state index contributed by atoms with van der Waals surface area (Å²) in [5, 5.41) is 3.74. The zero-order valence-corrected chi connectivity index (χ0v) is 14.4. The summed E-state index contributed by atoms with van der Waals surface area (Å²) in [6.45, 7) is 8.73. The van der Waals surface area contributed by atoms with Crippen molar-refractivity contribution in [2.75, 3.05) is 20.6 Å². The number of nitrogens with zero attached hydrogens (tertiary/aromatic N) is 3. The highest BCUT2D eigenvalue weighted by Gasteiger charge is 2.45. The van der Waals surface area contributed by atoms with E-state index in [-0.39, 0.29) is 5.54 Å². The molecule has 0 radical (unpaired) electrons. The van der Waals surface area contributed by atoms with Crippen LogP contribution in [0.4, 0.5) is 0 Å². The fraction of sp³-hybridized carbons (Fsp3) is 0.824. The Morgan fingerprint density at radius 2 is 2.05 bits per heavy atom. The van der Waals surface area contributed by atoms with Crippen LogP contribution in [0.25, 0.3) is 0 Å². The minimum absolute atomic E-state index is 0.181. The summed E-state index contributed by atoms with van der Waals surface area (Å²) in [6.07, 6.45) is 9.16. The molecule has 1 N–H and O–H groups in total. The summed E-state index contributed by atoms with van der Waals surface area (Å²) in [5.74, 6) is 2.05.